The Labute approximate surface area is 144 Å². The second kappa shape index (κ2) is 7.84. The van der Waals surface area contributed by atoms with E-state index in [4.69, 9.17) is 9.26 Å². The van der Waals surface area contributed by atoms with Gasteiger partial charge in [-0.15, -0.1) is 0 Å². The molecule has 2 heterocycles. The average Bonchev–Trinajstić information content (AvgIpc) is 3.23. The molecule has 1 aromatic heterocycles. The second-order valence-electron chi connectivity index (χ2n) is 6.93. The van der Waals surface area contributed by atoms with Crippen LogP contribution in [-0.4, -0.2) is 23.2 Å². The summed E-state index contributed by atoms with van der Waals surface area (Å²) >= 11 is 0. The van der Waals surface area contributed by atoms with Crippen LogP contribution in [0.25, 0.3) is 0 Å². The van der Waals surface area contributed by atoms with Gasteiger partial charge in [0.05, 0.1) is 12.6 Å². The zero-order valence-electron chi connectivity index (χ0n) is 15.0. The summed E-state index contributed by atoms with van der Waals surface area (Å²) < 4.78 is 11.2. The smallest absolute Gasteiger partial charge is 0.139 e. The van der Waals surface area contributed by atoms with Crippen molar-refractivity contribution in [2.45, 2.75) is 58.5 Å². The Morgan fingerprint density at radius 3 is 2.75 bits per heavy atom. The summed E-state index contributed by atoms with van der Waals surface area (Å²) in [5, 5.41) is 4.32. The standard InChI is InChI=1S/C20H28N2O2/c1-4-12-23-17-9-7-16(8-10-17)14-22-11-5-6-19(22)18-13-20(15(2)3)24-21-18/h7-10,13,15,19H,4-6,11-12,14H2,1-3H3/t19-/m1/s1. The van der Waals surface area contributed by atoms with E-state index < -0.39 is 0 Å². The second-order valence-corrected chi connectivity index (χ2v) is 6.93. The average molecular weight is 328 g/mol. The van der Waals surface area contributed by atoms with Crippen molar-refractivity contribution in [1.82, 2.24) is 10.1 Å². The first-order chi connectivity index (χ1) is 11.7. The Hall–Kier alpha value is -1.81. The summed E-state index contributed by atoms with van der Waals surface area (Å²) in [4.78, 5) is 2.50. The summed E-state index contributed by atoms with van der Waals surface area (Å²) in [5.41, 5.74) is 2.40. The van der Waals surface area contributed by atoms with Crippen LogP contribution in [0.5, 0.6) is 5.75 Å². The van der Waals surface area contributed by atoms with Crippen molar-refractivity contribution in [1.29, 1.82) is 0 Å². The van der Waals surface area contributed by atoms with Gasteiger partial charge in [0, 0.05) is 18.5 Å². The molecule has 24 heavy (non-hydrogen) atoms. The monoisotopic (exact) mass is 328 g/mol. The minimum absolute atomic E-state index is 0.372. The minimum Gasteiger partial charge on any atom is -0.494 e. The molecule has 1 saturated heterocycles. The maximum absolute atomic E-state index is 5.66. The summed E-state index contributed by atoms with van der Waals surface area (Å²) in [5.74, 6) is 2.32. The molecule has 1 aliphatic rings. The van der Waals surface area contributed by atoms with Gasteiger partial charge in [0.25, 0.3) is 0 Å². The lowest BCUT2D eigenvalue weighted by Gasteiger charge is -2.22. The van der Waals surface area contributed by atoms with Crippen LogP contribution in [-0.2, 0) is 6.54 Å². The molecule has 4 nitrogen and oxygen atoms in total. The van der Waals surface area contributed by atoms with E-state index in [2.05, 4.69) is 61.2 Å². The summed E-state index contributed by atoms with van der Waals surface area (Å²) in [6, 6.07) is 11.0. The van der Waals surface area contributed by atoms with Gasteiger partial charge in [-0.3, -0.25) is 4.90 Å². The highest BCUT2D eigenvalue weighted by atomic mass is 16.5. The number of likely N-dealkylation sites (tertiary alicyclic amines) is 1. The topological polar surface area (TPSA) is 38.5 Å². The van der Waals surface area contributed by atoms with Crippen LogP contribution in [0.15, 0.2) is 34.9 Å². The van der Waals surface area contributed by atoms with Crippen LogP contribution in [0.3, 0.4) is 0 Å². The lowest BCUT2D eigenvalue weighted by atomic mass is 10.1. The van der Waals surface area contributed by atoms with Crippen LogP contribution < -0.4 is 4.74 Å². The SMILES string of the molecule is CCCOc1ccc(CN2CCC[C@@H]2c2cc(C(C)C)on2)cc1. The molecule has 0 bridgehead atoms. The minimum atomic E-state index is 0.372. The van der Waals surface area contributed by atoms with Crippen LogP contribution >= 0.6 is 0 Å². The maximum Gasteiger partial charge on any atom is 0.139 e. The van der Waals surface area contributed by atoms with E-state index in [1.807, 2.05) is 0 Å². The Balaban J connectivity index is 1.65. The largest absolute Gasteiger partial charge is 0.494 e. The van der Waals surface area contributed by atoms with Crippen molar-refractivity contribution in [2.75, 3.05) is 13.2 Å². The van der Waals surface area contributed by atoms with Gasteiger partial charge in [-0.05, 0) is 43.5 Å². The van der Waals surface area contributed by atoms with Crippen molar-refractivity contribution >= 4 is 0 Å². The van der Waals surface area contributed by atoms with Gasteiger partial charge in [-0.25, -0.2) is 0 Å². The fourth-order valence-corrected chi connectivity index (χ4v) is 3.23. The van der Waals surface area contributed by atoms with Crippen LogP contribution in [0.4, 0.5) is 0 Å². The Bertz CT molecular complexity index is 633. The number of aromatic nitrogens is 1. The fourth-order valence-electron chi connectivity index (χ4n) is 3.23. The molecule has 0 aliphatic carbocycles. The van der Waals surface area contributed by atoms with Gasteiger partial charge >= 0.3 is 0 Å². The van der Waals surface area contributed by atoms with Crippen LogP contribution in [0.1, 0.15) is 69.0 Å². The molecule has 2 aromatic rings. The number of hydrogen-bond acceptors (Lipinski definition) is 4. The molecule has 0 unspecified atom stereocenters. The molecule has 1 aromatic carbocycles. The summed E-state index contributed by atoms with van der Waals surface area (Å²) in [6.45, 7) is 9.23. The Kier molecular flexibility index (Phi) is 5.56. The number of hydrogen-bond donors (Lipinski definition) is 0. The predicted molar refractivity (Wildman–Crippen MR) is 95.2 cm³/mol. The molecule has 1 fully saturated rings. The van der Waals surface area contributed by atoms with Crippen molar-refractivity contribution in [3.63, 3.8) is 0 Å². The third-order valence-electron chi connectivity index (χ3n) is 4.60. The third-order valence-corrected chi connectivity index (χ3v) is 4.60. The number of rotatable bonds is 7. The molecule has 0 radical (unpaired) electrons. The van der Waals surface area contributed by atoms with Crippen LogP contribution in [0, 0.1) is 0 Å². The first-order valence-corrected chi connectivity index (χ1v) is 9.09. The van der Waals surface area contributed by atoms with E-state index in [9.17, 15) is 0 Å². The number of ether oxygens (including phenoxy) is 1. The molecule has 0 N–H and O–H groups in total. The van der Waals surface area contributed by atoms with E-state index in [1.54, 1.807) is 0 Å². The highest BCUT2D eigenvalue weighted by Gasteiger charge is 2.29. The molecule has 0 amide bonds. The van der Waals surface area contributed by atoms with Crippen LogP contribution in [0.2, 0.25) is 0 Å². The summed E-state index contributed by atoms with van der Waals surface area (Å²) in [7, 11) is 0. The summed E-state index contributed by atoms with van der Waals surface area (Å²) in [6.07, 6.45) is 3.40. The predicted octanol–water partition coefficient (Wildman–Crippen LogP) is 4.92. The number of nitrogens with zero attached hydrogens (tertiary/aromatic N) is 2. The third kappa shape index (κ3) is 3.99. The van der Waals surface area contributed by atoms with Crippen molar-refractivity contribution in [2.24, 2.45) is 0 Å². The molecule has 130 valence electrons. The van der Waals surface area contributed by atoms with E-state index in [0.717, 1.165) is 49.7 Å². The quantitative estimate of drug-likeness (QED) is 0.723. The van der Waals surface area contributed by atoms with Gasteiger partial charge in [0.2, 0.25) is 0 Å². The Morgan fingerprint density at radius 1 is 1.29 bits per heavy atom. The van der Waals surface area contributed by atoms with Crippen molar-refractivity contribution in [3.05, 3.63) is 47.3 Å². The van der Waals surface area contributed by atoms with E-state index in [-0.39, 0.29) is 0 Å². The molecule has 0 saturated carbocycles. The van der Waals surface area contributed by atoms with Gasteiger partial charge < -0.3 is 9.26 Å². The molecular formula is C20H28N2O2. The first kappa shape index (κ1) is 17.0. The fraction of sp³-hybridized carbons (Fsp3) is 0.550. The molecule has 1 aliphatic heterocycles. The van der Waals surface area contributed by atoms with Gasteiger partial charge in [-0.2, -0.15) is 0 Å². The van der Waals surface area contributed by atoms with E-state index in [1.165, 1.54) is 12.0 Å². The molecular weight excluding hydrogens is 300 g/mol. The zero-order valence-corrected chi connectivity index (χ0v) is 15.0. The number of benzene rings is 1. The zero-order chi connectivity index (χ0) is 16.9. The Morgan fingerprint density at radius 2 is 2.08 bits per heavy atom. The maximum atomic E-state index is 5.66. The van der Waals surface area contributed by atoms with Gasteiger partial charge in [-0.1, -0.05) is 38.1 Å². The van der Waals surface area contributed by atoms with Gasteiger partial charge in [0.1, 0.15) is 17.2 Å². The molecule has 0 spiro atoms. The highest BCUT2D eigenvalue weighted by molar-refractivity contribution is 5.27. The lowest BCUT2D eigenvalue weighted by molar-refractivity contribution is 0.236. The van der Waals surface area contributed by atoms with Crippen molar-refractivity contribution in [3.8, 4) is 5.75 Å². The first-order valence-electron chi connectivity index (χ1n) is 9.09. The highest BCUT2D eigenvalue weighted by Crippen LogP contribution is 2.33. The molecule has 4 heteroatoms. The van der Waals surface area contributed by atoms with Crippen molar-refractivity contribution < 1.29 is 9.26 Å². The van der Waals surface area contributed by atoms with Gasteiger partial charge in [0.15, 0.2) is 0 Å². The van der Waals surface area contributed by atoms with E-state index in [0.29, 0.717) is 12.0 Å². The molecule has 3 rings (SSSR count). The molecule has 1 atom stereocenters. The van der Waals surface area contributed by atoms with E-state index >= 15 is 0 Å². The normalized spacial score (nSPS) is 18.4. The lowest BCUT2D eigenvalue weighted by Crippen LogP contribution is -2.22.